The van der Waals surface area contributed by atoms with E-state index in [0.29, 0.717) is 17.9 Å². The molecule has 3 N–H and O–H groups in total. The number of aryl methyl sites for hydroxylation is 3. The number of unbranched alkanes of at least 4 members (excludes halogenated alkanes) is 3. The van der Waals surface area contributed by atoms with Crippen LogP contribution in [0.3, 0.4) is 0 Å². The van der Waals surface area contributed by atoms with Crippen LogP contribution in [0.5, 0.6) is 5.75 Å². The van der Waals surface area contributed by atoms with Crippen molar-refractivity contribution in [1.82, 2.24) is 10.2 Å². The predicted octanol–water partition coefficient (Wildman–Crippen LogP) is 7.37. The molecule has 0 bridgehead atoms. The van der Waals surface area contributed by atoms with Gasteiger partial charge in [0.25, 0.3) is 0 Å². The van der Waals surface area contributed by atoms with E-state index in [1.807, 2.05) is 25.1 Å². The molecular weight excluding hydrogens is 525 g/mol. The number of primary amides is 1. The molecule has 3 rings (SSSR count). The van der Waals surface area contributed by atoms with Gasteiger partial charge in [-0.25, -0.2) is 4.39 Å². The van der Waals surface area contributed by atoms with Crippen molar-refractivity contribution in [2.45, 2.75) is 85.2 Å². The van der Waals surface area contributed by atoms with Gasteiger partial charge in [0.05, 0.1) is 6.61 Å². The van der Waals surface area contributed by atoms with Crippen LogP contribution >= 0.6 is 0 Å². The number of ether oxygens (including phenoxy) is 1. The van der Waals surface area contributed by atoms with Gasteiger partial charge in [0, 0.05) is 24.7 Å². The van der Waals surface area contributed by atoms with Crippen molar-refractivity contribution in [2.24, 2.45) is 5.73 Å². The molecule has 0 unspecified atom stereocenters. The summed E-state index contributed by atoms with van der Waals surface area (Å²) in [7, 11) is 0. The second-order valence-electron chi connectivity index (χ2n) is 11.4. The predicted molar refractivity (Wildman–Crippen MR) is 171 cm³/mol. The molecule has 0 saturated heterocycles. The highest BCUT2D eigenvalue weighted by Gasteiger charge is 2.09. The Morgan fingerprint density at radius 1 is 0.881 bits per heavy atom. The summed E-state index contributed by atoms with van der Waals surface area (Å²) >= 11 is 0. The van der Waals surface area contributed by atoms with E-state index < -0.39 is 0 Å². The lowest BCUT2D eigenvalue weighted by molar-refractivity contribution is 0.1000. The monoisotopic (exact) mass is 575 g/mol. The first-order valence-electron chi connectivity index (χ1n) is 15.7. The number of halogens is 1. The molecule has 6 heteroatoms. The first kappa shape index (κ1) is 33.3. The Bertz CT molecular complexity index is 1250. The molecule has 0 heterocycles. The van der Waals surface area contributed by atoms with Crippen molar-refractivity contribution in [3.8, 4) is 5.75 Å². The first-order valence-corrected chi connectivity index (χ1v) is 15.7. The highest BCUT2D eigenvalue weighted by molar-refractivity contribution is 5.93. The third-order valence-corrected chi connectivity index (χ3v) is 7.48. The first-order chi connectivity index (χ1) is 20.4. The molecule has 5 nitrogen and oxygen atoms in total. The van der Waals surface area contributed by atoms with E-state index >= 15 is 0 Å². The molecule has 0 spiro atoms. The van der Waals surface area contributed by atoms with E-state index in [2.05, 4.69) is 54.4 Å². The van der Waals surface area contributed by atoms with Crippen LogP contribution in [0.1, 0.15) is 90.5 Å². The number of nitrogens with two attached hydrogens (primary N) is 1. The molecule has 0 atom stereocenters. The second-order valence-corrected chi connectivity index (χ2v) is 11.4. The highest BCUT2D eigenvalue weighted by Crippen LogP contribution is 2.19. The molecule has 3 aromatic carbocycles. The molecule has 0 saturated carbocycles. The van der Waals surface area contributed by atoms with Crippen LogP contribution in [0.2, 0.25) is 0 Å². The molecule has 228 valence electrons. The fourth-order valence-corrected chi connectivity index (χ4v) is 5.36. The average Bonchev–Trinajstić information content (AvgIpc) is 2.96. The lowest BCUT2D eigenvalue weighted by atomic mass is 10.1. The molecule has 0 radical (unpaired) electrons. The van der Waals surface area contributed by atoms with Crippen LogP contribution in [0.25, 0.3) is 0 Å². The van der Waals surface area contributed by atoms with Crippen molar-refractivity contribution >= 4 is 5.91 Å². The average molecular weight is 576 g/mol. The summed E-state index contributed by atoms with van der Waals surface area (Å²) in [4.78, 5) is 14.1. The molecular formula is C36H50FN3O2. The number of rotatable bonds is 20. The molecule has 0 aliphatic heterocycles. The number of nitrogens with one attached hydrogen (secondary N) is 1. The van der Waals surface area contributed by atoms with Crippen LogP contribution in [0, 0.1) is 12.7 Å². The molecule has 42 heavy (non-hydrogen) atoms. The summed E-state index contributed by atoms with van der Waals surface area (Å²) in [6, 6.07) is 19.7. The normalized spacial score (nSPS) is 11.3. The van der Waals surface area contributed by atoms with Gasteiger partial charge in [0.1, 0.15) is 11.6 Å². The smallest absolute Gasteiger partial charge is 0.248 e. The van der Waals surface area contributed by atoms with Gasteiger partial charge in [0.2, 0.25) is 5.91 Å². The number of amides is 1. The van der Waals surface area contributed by atoms with Gasteiger partial charge in [-0.1, -0.05) is 49.7 Å². The minimum absolute atomic E-state index is 0.234. The summed E-state index contributed by atoms with van der Waals surface area (Å²) in [6.45, 7) is 11.6. The van der Waals surface area contributed by atoms with E-state index in [1.165, 1.54) is 17.2 Å². The summed E-state index contributed by atoms with van der Waals surface area (Å²) < 4.78 is 20.2. The van der Waals surface area contributed by atoms with Gasteiger partial charge in [-0.3, -0.25) is 9.69 Å². The van der Waals surface area contributed by atoms with Gasteiger partial charge >= 0.3 is 0 Å². The summed E-state index contributed by atoms with van der Waals surface area (Å²) in [5.41, 5.74) is 11.9. The number of nitrogens with zero attached hydrogens (tertiary/aromatic N) is 1. The summed E-state index contributed by atoms with van der Waals surface area (Å²) in [6.07, 6.45) is 8.05. The molecule has 0 aromatic heterocycles. The number of benzene rings is 3. The summed E-state index contributed by atoms with van der Waals surface area (Å²) in [5, 5.41) is 3.52. The Morgan fingerprint density at radius 2 is 1.71 bits per heavy atom. The lowest BCUT2D eigenvalue weighted by Crippen LogP contribution is -2.25. The lowest BCUT2D eigenvalue weighted by Gasteiger charge is -2.22. The zero-order chi connectivity index (χ0) is 30.2. The second kappa shape index (κ2) is 18.3. The number of hydrogen-bond acceptors (Lipinski definition) is 4. The van der Waals surface area contributed by atoms with Crippen LogP contribution in [-0.2, 0) is 25.9 Å². The Labute approximate surface area is 252 Å². The number of carbonyl (C=O) groups is 1. The minimum atomic E-state index is -0.385. The highest BCUT2D eigenvalue weighted by atomic mass is 19.1. The van der Waals surface area contributed by atoms with Crippen molar-refractivity contribution in [2.75, 3.05) is 26.2 Å². The minimum Gasteiger partial charge on any atom is -0.493 e. The standard InChI is InChI=1S/C36H50FN3O2/c1-4-16-40(27-32-19-28(3)20-33(22-32)36(38)41)17-9-6-10-18-42-35-24-30(23-34(37)25-35)12-7-8-15-39-26-31-14-11-13-29(5-2)21-31/h11,13-14,19-25,39H,4-10,12,15-18,26-27H2,1-3H3,(H2,38,41). The van der Waals surface area contributed by atoms with E-state index in [4.69, 9.17) is 10.5 Å². The molecule has 0 fully saturated rings. The third kappa shape index (κ3) is 12.3. The maximum Gasteiger partial charge on any atom is 0.248 e. The van der Waals surface area contributed by atoms with Gasteiger partial charge in [-0.15, -0.1) is 0 Å². The van der Waals surface area contributed by atoms with Crippen LogP contribution in [-0.4, -0.2) is 37.0 Å². The molecule has 1 amide bonds. The Hall–Kier alpha value is -3.22. The topological polar surface area (TPSA) is 67.6 Å². The van der Waals surface area contributed by atoms with E-state index in [1.54, 1.807) is 6.07 Å². The van der Waals surface area contributed by atoms with Crippen molar-refractivity contribution < 1.29 is 13.9 Å². The van der Waals surface area contributed by atoms with E-state index in [-0.39, 0.29) is 11.7 Å². The van der Waals surface area contributed by atoms with Gasteiger partial charge in [-0.2, -0.15) is 0 Å². The number of carbonyl (C=O) groups excluding carboxylic acids is 1. The quantitative estimate of drug-likeness (QED) is 0.138. The number of hydrogen-bond donors (Lipinski definition) is 2. The van der Waals surface area contributed by atoms with E-state index in [9.17, 15) is 9.18 Å². The Kier molecular flexibility index (Phi) is 14.5. The Balaban J connectivity index is 1.33. The fourth-order valence-electron chi connectivity index (χ4n) is 5.36. The molecule has 0 aliphatic rings. The zero-order valence-electron chi connectivity index (χ0n) is 25.9. The van der Waals surface area contributed by atoms with Crippen LogP contribution in [0.4, 0.5) is 4.39 Å². The molecule has 3 aromatic rings. The molecule has 0 aliphatic carbocycles. The van der Waals surface area contributed by atoms with Gasteiger partial charge in [-0.05, 0) is 124 Å². The Morgan fingerprint density at radius 3 is 2.50 bits per heavy atom. The largest absolute Gasteiger partial charge is 0.493 e. The van der Waals surface area contributed by atoms with Gasteiger partial charge in [0.15, 0.2) is 0 Å². The van der Waals surface area contributed by atoms with Crippen LogP contribution < -0.4 is 15.8 Å². The zero-order valence-corrected chi connectivity index (χ0v) is 25.9. The van der Waals surface area contributed by atoms with Gasteiger partial charge < -0.3 is 15.8 Å². The maximum absolute atomic E-state index is 14.2. The van der Waals surface area contributed by atoms with Crippen molar-refractivity contribution in [3.63, 3.8) is 0 Å². The van der Waals surface area contributed by atoms with Crippen LogP contribution in [0.15, 0.2) is 60.7 Å². The maximum atomic E-state index is 14.2. The SMILES string of the molecule is CCCN(CCCCCOc1cc(F)cc(CCCCNCc2cccc(CC)c2)c1)Cc1cc(C)cc(C(N)=O)c1. The van der Waals surface area contributed by atoms with E-state index in [0.717, 1.165) is 101 Å². The summed E-state index contributed by atoms with van der Waals surface area (Å²) in [5.74, 6) is 0.00291. The fraction of sp³-hybridized carbons (Fsp3) is 0.472. The van der Waals surface area contributed by atoms with Crippen molar-refractivity contribution in [3.05, 3.63) is 99.9 Å². The van der Waals surface area contributed by atoms with Crippen molar-refractivity contribution in [1.29, 1.82) is 0 Å². The third-order valence-electron chi connectivity index (χ3n) is 7.48.